The maximum absolute atomic E-state index is 12.7. The third-order valence-electron chi connectivity index (χ3n) is 6.86. The number of fused-ring (bicyclic) bond motifs is 1. The highest BCUT2D eigenvalue weighted by Gasteiger charge is 2.39. The number of carbonyl (C=O) groups is 1. The van der Waals surface area contributed by atoms with Crippen molar-refractivity contribution in [3.05, 3.63) is 35.8 Å². The van der Waals surface area contributed by atoms with Gasteiger partial charge in [0.15, 0.2) is 5.76 Å². The van der Waals surface area contributed by atoms with Gasteiger partial charge in [0.05, 0.1) is 11.4 Å². The van der Waals surface area contributed by atoms with Gasteiger partial charge >= 0.3 is 0 Å². The summed E-state index contributed by atoms with van der Waals surface area (Å²) < 4.78 is 5.49. The molecule has 2 N–H and O–H groups in total. The van der Waals surface area contributed by atoms with Crippen LogP contribution in [0.3, 0.4) is 0 Å². The number of hydrogen-bond donors (Lipinski definition) is 2. The van der Waals surface area contributed by atoms with Crippen LogP contribution in [0.5, 0.6) is 0 Å². The lowest BCUT2D eigenvalue weighted by Gasteiger charge is -2.38. The SMILES string of the molecule is O=C(C1=CCCO1)N1CCCC(CN=C2C=C(C3C=CCCC3Cl)NC3C(Br)CNN23)C1. The third kappa shape index (κ3) is 4.59. The molecule has 2 saturated heterocycles. The van der Waals surface area contributed by atoms with Crippen molar-refractivity contribution >= 4 is 39.3 Å². The third-order valence-corrected chi connectivity index (χ3v) is 8.17. The molecule has 32 heavy (non-hydrogen) atoms. The zero-order chi connectivity index (χ0) is 22.1. The second-order valence-electron chi connectivity index (χ2n) is 9.15. The standard InChI is InChI=1S/C23H31BrClN5O2/c24-17-13-27-30-21(11-19(28-22(17)30)16-6-1-2-7-18(16)25)26-12-15-5-3-9-29(14-15)23(31)20-8-4-10-32-20/h1,6,8,11,15-18,22,27-28H,2-5,7,9-10,12-14H2. The van der Waals surface area contributed by atoms with Gasteiger partial charge in [-0.15, -0.1) is 11.6 Å². The summed E-state index contributed by atoms with van der Waals surface area (Å²) in [6.45, 7) is 3.69. The second kappa shape index (κ2) is 9.77. The average molecular weight is 525 g/mol. The van der Waals surface area contributed by atoms with Gasteiger partial charge in [-0.25, -0.2) is 5.43 Å². The molecular weight excluding hydrogens is 494 g/mol. The van der Waals surface area contributed by atoms with E-state index in [1.165, 1.54) is 0 Å². The van der Waals surface area contributed by atoms with Gasteiger partial charge in [0.25, 0.3) is 5.91 Å². The molecule has 0 spiro atoms. The summed E-state index contributed by atoms with van der Waals surface area (Å²) >= 11 is 10.5. The number of amides is 1. The molecule has 0 saturated carbocycles. The Morgan fingerprint density at radius 1 is 1.34 bits per heavy atom. The number of alkyl halides is 2. The lowest BCUT2D eigenvalue weighted by Crippen LogP contribution is -2.55. The monoisotopic (exact) mass is 523 g/mol. The summed E-state index contributed by atoms with van der Waals surface area (Å²) in [4.78, 5) is 20.0. The number of rotatable bonds is 4. The van der Waals surface area contributed by atoms with Crippen molar-refractivity contribution in [1.29, 1.82) is 0 Å². The Hall–Kier alpha value is -1.51. The first kappa shape index (κ1) is 22.3. The largest absolute Gasteiger partial charge is 0.488 e. The number of amidine groups is 1. The van der Waals surface area contributed by atoms with E-state index in [-0.39, 0.29) is 28.2 Å². The van der Waals surface area contributed by atoms with E-state index in [2.05, 4.69) is 49.9 Å². The van der Waals surface area contributed by atoms with Gasteiger partial charge in [-0.1, -0.05) is 28.1 Å². The fraction of sp³-hybridized carbons (Fsp3) is 0.652. The minimum atomic E-state index is 0.0320. The molecule has 0 bridgehead atoms. The zero-order valence-corrected chi connectivity index (χ0v) is 20.5. The first-order chi connectivity index (χ1) is 15.6. The molecule has 1 aliphatic carbocycles. The number of halogens is 2. The molecule has 5 atom stereocenters. The van der Waals surface area contributed by atoms with Crippen molar-refractivity contribution in [3.63, 3.8) is 0 Å². The summed E-state index contributed by atoms with van der Waals surface area (Å²) in [5, 5.41) is 5.90. The normalized spacial score (nSPS) is 35.8. The van der Waals surface area contributed by atoms with E-state index in [0.29, 0.717) is 24.8 Å². The molecule has 5 aliphatic rings. The maximum Gasteiger partial charge on any atom is 0.288 e. The number of piperidine rings is 1. The van der Waals surface area contributed by atoms with Crippen LogP contribution in [0.1, 0.15) is 32.1 Å². The van der Waals surface area contributed by atoms with Gasteiger partial charge in [0.1, 0.15) is 12.0 Å². The summed E-state index contributed by atoms with van der Waals surface area (Å²) in [6.07, 6.45) is 13.6. The highest BCUT2D eigenvalue weighted by Crippen LogP contribution is 2.32. The first-order valence-corrected chi connectivity index (χ1v) is 13.1. The number of nitrogens with one attached hydrogen (secondary N) is 2. The summed E-state index contributed by atoms with van der Waals surface area (Å²) in [6, 6.07) is 0. The minimum Gasteiger partial charge on any atom is -0.488 e. The predicted molar refractivity (Wildman–Crippen MR) is 129 cm³/mol. The van der Waals surface area contributed by atoms with Crippen LogP contribution < -0.4 is 10.7 Å². The number of allylic oxidation sites excluding steroid dienone is 2. The van der Waals surface area contributed by atoms with Crippen LogP contribution in [0.2, 0.25) is 0 Å². The number of likely N-dealkylation sites (tertiary alicyclic amines) is 1. The van der Waals surface area contributed by atoms with Crippen LogP contribution in [0, 0.1) is 11.8 Å². The van der Waals surface area contributed by atoms with Crippen molar-refractivity contribution in [1.82, 2.24) is 20.7 Å². The number of hydrogen-bond acceptors (Lipinski definition) is 5. The van der Waals surface area contributed by atoms with Crippen molar-refractivity contribution in [2.45, 2.75) is 48.5 Å². The van der Waals surface area contributed by atoms with Crippen LogP contribution in [-0.4, -0.2) is 70.8 Å². The molecule has 1 amide bonds. The van der Waals surface area contributed by atoms with Crippen molar-refractivity contribution in [3.8, 4) is 0 Å². The lowest BCUT2D eigenvalue weighted by molar-refractivity contribution is -0.132. The maximum atomic E-state index is 12.7. The lowest BCUT2D eigenvalue weighted by atomic mass is 9.91. The summed E-state index contributed by atoms with van der Waals surface area (Å²) in [5.41, 5.74) is 4.59. The predicted octanol–water partition coefficient (Wildman–Crippen LogP) is 2.90. The van der Waals surface area contributed by atoms with Crippen molar-refractivity contribution in [2.75, 3.05) is 32.8 Å². The van der Waals surface area contributed by atoms with Crippen LogP contribution in [-0.2, 0) is 9.53 Å². The number of carbonyl (C=O) groups excluding carboxylic acids is 1. The molecule has 9 heteroatoms. The fourth-order valence-electron chi connectivity index (χ4n) is 5.11. The molecule has 0 aromatic heterocycles. The molecule has 0 radical (unpaired) electrons. The van der Waals surface area contributed by atoms with Crippen molar-refractivity contribution < 1.29 is 9.53 Å². The van der Waals surface area contributed by atoms with Crippen LogP contribution in [0.4, 0.5) is 0 Å². The molecular formula is C23H31BrClN5O2. The zero-order valence-electron chi connectivity index (χ0n) is 18.2. The molecule has 2 fully saturated rings. The molecule has 4 heterocycles. The van der Waals surface area contributed by atoms with E-state index in [4.69, 9.17) is 21.3 Å². The average Bonchev–Trinajstić information content (AvgIpc) is 3.48. The number of aliphatic imine (C=N–C) groups is 1. The Balaban J connectivity index is 1.31. The smallest absolute Gasteiger partial charge is 0.288 e. The molecule has 5 rings (SSSR count). The Labute approximate surface area is 203 Å². The topological polar surface area (TPSA) is 69.2 Å². The molecule has 0 aromatic rings. The van der Waals surface area contributed by atoms with Gasteiger partial charge < -0.3 is 15.0 Å². The van der Waals surface area contributed by atoms with Gasteiger partial charge in [-0.05, 0) is 37.7 Å². The Morgan fingerprint density at radius 2 is 2.25 bits per heavy atom. The number of nitrogens with zero attached hydrogens (tertiary/aromatic N) is 3. The van der Waals surface area contributed by atoms with E-state index in [1.807, 2.05) is 11.0 Å². The Kier molecular flexibility index (Phi) is 6.81. The Morgan fingerprint density at radius 3 is 3.06 bits per heavy atom. The van der Waals surface area contributed by atoms with Gasteiger partial charge in [-0.3, -0.25) is 14.8 Å². The summed E-state index contributed by atoms with van der Waals surface area (Å²) in [7, 11) is 0. The highest BCUT2D eigenvalue weighted by atomic mass is 79.9. The van der Waals surface area contributed by atoms with Crippen LogP contribution in [0.15, 0.2) is 40.8 Å². The van der Waals surface area contributed by atoms with Gasteiger partial charge in [0.2, 0.25) is 0 Å². The van der Waals surface area contributed by atoms with Gasteiger partial charge in [-0.2, -0.15) is 0 Å². The van der Waals surface area contributed by atoms with E-state index < -0.39 is 0 Å². The molecule has 7 nitrogen and oxygen atoms in total. The number of ether oxygens (including phenoxy) is 1. The molecule has 4 aliphatic heterocycles. The number of hydrazine groups is 1. The van der Waals surface area contributed by atoms with Crippen LogP contribution >= 0.6 is 27.5 Å². The molecule has 5 unspecified atom stereocenters. The van der Waals surface area contributed by atoms with E-state index in [9.17, 15) is 4.79 Å². The molecule has 174 valence electrons. The second-order valence-corrected chi connectivity index (χ2v) is 10.9. The fourth-order valence-corrected chi connectivity index (χ4v) is 5.97. The van der Waals surface area contributed by atoms with E-state index in [0.717, 1.165) is 63.3 Å². The highest BCUT2D eigenvalue weighted by molar-refractivity contribution is 9.09. The van der Waals surface area contributed by atoms with Crippen molar-refractivity contribution in [2.24, 2.45) is 16.8 Å². The van der Waals surface area contributed by atoms with E-state index >= 15 is 0 Å². The first-order valence-electron chi connectivity index (χ1n) is 11.7. The summed E-state index contributed by atoms with van der Waals surface area (Å²) in [5.74, 6) is 2.03. The van der Waals surface area contributed by atoms with Gasteiger partial charge in [0, 0.05) is 55.7 Å². The van der Waals surface area contributed by atoms with E-state index in [1.54, 1.807) is 0 Å². The quantitative estimate of drug-likeness (QED) is 0.437. The van der Waals surface area contributed by atoms with Crippen LogP contribution in [0.25, 0.3) is 0 Å². The minimum absolute atomic E-state index is 0.0320. The molecule has 0 aromatic carbocycles. The Bertz CT molecular complexity index is 859.